The van der Waals surface area contributed by atoms with Gasteiger partial charge in [-0.05, 0) is 40.2 Å². The number of anilines is 7. The van der Waals surface area contributed by atoms with Crippen molar-refractivity contribution < 1.29 is 13.9 Å². The molecule has 0 spiro atoms. The van der Waals surface area contributed by atoms with Gasteiger partial charge in [-0.1, -0.05) is 36.4 Å². The van der Waals surface area contributed by atoms with Gasteiger partial charge in [0, 0.05) is 61.3 Å². The molecule has 0 bridgehead atoms. The third kappa shape index (κ3) is 8.83. The van der Waals surface area contributed by atoms with Crippen LogP contribution in [0, 0.1) is 5.82 Å². The predicted molar refractivity (Wildman–Crippen MR) is 215 cm³/mol. The molecule has 2 aliphatic heterocycles. The highest BCUT2D eigenvalue weighted by Gasteiger charge is 2.19. The summed E-state index contributed by atoms with van der Waals surface area (Å²) in [6.45, 7) is 5.48. The molecule has 14 nitrogen and oxygen atoms in total. The summed E-state index contributed by atoms with van der Waals surface area (Å²) in [7, 11) is 0. The van der Waals surface area contributed by atoms with Crippen LogP contribution in [0.2, 0.25) is 0 Å². The monoisotopic (exact) mass is 802 g/mol. The SMILES string of the molecule is Brc1cc(Nc2cnc3ccccc3c2)nc(N2CCOCC2)n1.Nc1cc(F)c(-c2cc(Nc3cnc4ccccc4c3)nc(N3CCOCC3)n2)cn1. The first-order valence-corrected chi connectivity index (χ1v) is 18.5. The van der Waals surface area contributed by atoms with Crippen molar-refractivity contribution in [1.82, 2.24) is 34.9 Å². The number of fused-ring (bicyclic) bond motifs is 2. The minimum atomic E-state index is -0.488. The highest BCUT2D eigenvalue weighted by atomic mass is 79.9. The fourth-order valence-corrected chi connectivity index (χ4v) is 6.50. The molecule has 0 amide bonds. The van der Waals surface area contributed by atoms with Crippen molar-refractivity contribution in [2.45, 2.75) is 0 Å². The van der Waals surface area contributed by atoms with Gasteiger partial charge in [0.15, 0.2) is 0 Å². The number of pyridine rings is 3. The molecule has 9 rings (SSSR count). The Morgan fingerprint density at radius 1 is 0.618 bits per heavy atom. The maximum absolute atomic E-state index is 14.6. The second-order valence-electron chi connectivity index (χ2n) is 12.7. The Balaban J connectivity index is 0.000000160. The van der Waals surface area contributed by atoms with Crippen LogP contribution in [-0.4, -0.2) is 87.5 Å². The minimum absolute atomic E-state index is 0.115. The van der Waals surface area contributed by atoms with Crippen LogP contribution < -0.4 is 26.2 Å². The van der Waals surface area contributed by atoms with Gasteiger partial charge >= 0.3 is 0 Å². The van der Waals surface area contributed by atoms with E-state index < -0.39 is 5.82 Å². The number of rotatable bonds is 7. The summed E-state index contributed by atoms with van der Waals surface area (Å²) < 4.78 is 26.2. The normalized spacial score (nSPS) is 14.4. The maximum atomic E-state index is 14.6. The quantitative estimate of drug-likeness (QED) is 0.145. The first kappa shape index (κ1) is 35.9. The fourth-order valence-electron chi connectivity index (χ4n) is 6.12. The minimum Gasteiger partial charge on any atom is -0.384 e. The second-order valence-corrected chi connectivity index (χ2v) is 13.5. The highest BCUT2D eigenvalue weighted by Crippen LogP contribution is 2.29. The summed E-state index contributed by atoms with van der Waals surface area (Å²) in [6.07, 6.45) is 4.94. The van der Waals surface area contributed by atoms with Gasteiger partial charge in [0.05, 0.1) is 72.5 Å². The number of nitrogen functional groups attached to an aromatic ring is 1. The predicted octanol–water partition coefficient (Wildman–Crippen LogP) is 6.76. The molecule has 4 N–H and O–H groups in total. The van der Waals surface area contributed by atoms with Gasteiger partial charge in [0.2, 0.25) is 11.9 Å². The molecule has 0 atom stereocenters. The number of hydrogen-bond donors (Lipinski definition) is 3. The molecule has 278 valence electrons. The van der Waals surface area contributed by atoms with E-state index in [9.17, 15) is 4.39 Å². The number of morpholine rings is 2. The van der Waals surface area contributed by atoms with E-state index in [4.69, 9.17) is 15.2 Å². The molecule has 7 heterocycles. The van der Waals surface area contributed by atoms with E-state index in [1.54, 1.807) is 12.3 Å². The Labute approximate surface area is 324 Å². The van der Waals surface area contributed by atoms with E-state index in [0.717, 1.165) is 56.7 Å². The number of nitrogens with one attached hydrogen (secondary N) is 2. The molecule has 2 fully saturated rings. The zero-order valence-electron chi connectivity index (χ0n) is 29.6. The van der Waals surface area contributed by atoms with Crippen molar-refractivity contribution in [3.05, 3.63) is 108 Å². The van der Waals surface area contributed by atoms with Crippen molar-refractivity contribution in [2.24, 2.45) is 0 Å². The smallest absolute Gasteiger partial charge is 0.228 e. The number of para-hydroxylation sites is 2. The lowest BCUT2D eigenvalue weighted by Gasteiger charge is -2.27. The Morgan fingerprint density at radius 2 is 1.15 bits per heavy atom. The standard InChI is InChI=1S/C22H20FN7O.C17H16BrN5O/c23-17-10-20(24)26-13-16(17)19-11-21(29-22(28-19)30-5-7-31-8-6-30)27-15-9-14-3-1-2-4-18(14)25-12-15;18-15-10-16(22-17(21-15)23-5-7-24-8-6-23)20-13-9-12-3-1-2-4-14(12)19-11-13/h1-4,9-13H,5-8H2,(H2,24,26)(H,27,28,29);1-4,9-11H,5-8H2,(H,20,21,22). The molecule has 2 aromatic carbocycles. The molecule has 0 saturated carbocycles. The number of nitrogens with two attached hydrogens (primary N) is 1. The summed E-state index contributed by atoms with van der Waals surface area (Å²) in [6, 6.07) is 24.7. The van der Waals surface area contributed by atoms with Crippen molar-refractivity contribution in [3.8, 4) is 11.3 Å². The average Bonchev–Trinajstić information content (AvgIpc) is 3.21. The summed E-state index contributed by atoms with van der Waals surface area (Å²) >= 11 is 3.47. The summed E-state index contributed by atoms with van der Waals surface area (Å²) in [4.78, 5) is 35.4. The Kier molecular flexibility index (Phi) is 10.8. The van der Waals surface area contributed by atoms with Gasteiger partial charge in [-0.2, -0.15) is 9.97 Å². The maximum Gasteiger partial charge on any atom is 0.228 e. The lowest BCUT2D eigenvalue weighted by atomic mass is 10.2. The molecule has 0 radical (unpaired) electrons. The molecule has 2 aliphatic rings. The van der Waals surface area contributed by atoms with Crippen LogP contribution in [0.4, 0.5) is 45.1 Å². The average molecular weight is 804 g/mol. The highest BCUT2D eigenvalue weighted by molar-refractivity contribution is 9.10. The van der Waals surface area contributed by atoms with Crippen molar-refractivity contribution in [2.75, 3.05) is 78.8 Å². The third-order valence-corrected chi connectivity index (χ3v) is 9.27. The zero-order valence-corrected chi connectivity index (χ0v) is 31.2. The van der Waals surface area contributed by atoms with Crippen LogP contribution in [0.1, 0.15) is 0 Å². The molecular weight excluding hydrogens is 767 g/mol. The van der Waals surface area contributed by atoms with Gasteiger partial charge in [0.1, 0.15) is 27.9 Å². The number of ether oxygens (including phenoxy) is 2. The lowest BCUT2D eigenvalue weighted by Crippen LogP contribution is -2.37. The van der Waals surface area contributed by atoms with Crippen LogP contribution in [-0.2, 0) is 9.47 Å². The Hall–Kier alpha value is -6.10. The molecule has 2 saturated heterocycles. The van der Waals surface area contributed by atoms with E-state index in [2.05, 4.69) is 72.4 Å². The van der Waals surface area contributed by atoms with Gasteiger partial charge in [-0.3, -0.25) is 9.97 Å². The number of halogens is 2. The molecule has 5 aromatic heterocycles. The molecule has 7 aromatic rings. The van der Waals surface area contributed by atoms with E-state index in [1.807, 2.05) is 71.8 Å². The van der Waals surface area contributed by atoms with Gasteiger partial charge in [-0.25, -0.2) is 19.3 Å². The van der Waals surface area contributed by atoms with E-state index in [-0.39, 0.29) is 11.4 Å². The van der Waals surface area contributed by atoms with Crippen molar-refractivity contribution >= 4 is 78.5 Å². The summed E-state index contributed by atoms with van der Waals surface area (Å²) in [5, 5.41) is 8.68. The topological polar surface area (TPSA) is 165 Å². The second kappa shape index (κ2) is 16.5. The van der Waals surface area contributed by atoms with Crippen LogP contribution in [0.15, 0.2) is 102 Å². The summed E-state index contributed by atoms with van der Waals surface area (Å²) in [5.74, 6) is 2.08. The van der Waals surface area contributed by atoms with Gasteiger partial charge in [0.25, 0.3) is 0 Å². The molecule has 16 heteroatoms. The Morgan fingerprint density at radius 3 is 1.71 bits per heavy atom. The number of hydrogen-bond acceptors (Lipinski definition) is 14. The number of nitrogens with zero attached hydrogens (tertiary/aromatic N) is 9. The van der Waals surface area contributed by atoms with E-state index in [0.29, 0.717) is 62.9 Å². The van der Waals surface area contributed by atoms with Gasteiger partial charge in [-0.15, -0.1) is 0 Å². The molecule has 55 heavy (non-hydrogen) atoms. The van der Waals surface area contributed by atoms with E-state index >= 15 is 0 Å². The van der Waals surface area contributed by atoms with Crippen LogP contribution in [0.3, 0.4) is 0 Å². The lowest BCUT2D eigenvalue weighted by molar-refractivity contribution is 0.122. The zero-order chi connectivity index (χ0) is 37.6. The molecule has 0 aliphatic carbocycles. The molecular formula is C39H36BrFN12O2. The first-order chi connectivity index (χ1) is 26.9. The number of benzene rings is 2. The Bertz CT molecular complexity index is 2450. The van der Waals surface area contributed by atoms with Crippen LogP contribution in [0.25, 0.3) is 33.1 Å². The third-order valence-electron chi connectivity index (χ3n) is 8.86. The van der Waals surface area contributed by atoms with Crippen LogP contribution >= 0.6 is 15.9 Å². The van der Waals surface area contributed by atoms with Crippen molar-refractivity contribution in [3.63, 3.8) is 0 Å². The number of aromatic nitrogens is 7. The largest absolute Gasteiger partial charge is 0.384 e. The first-order valence-electron chi connectivity index (χ1n) is 17.7. The van der Waals surface area contributed by atoms with Crippen LogP contribution in [0.5, 0.6) is 0 Å². The summed E-state index contributed by atoms with van der Waals surface area (Å²) in [5.41, 5.74) is 9.82. The fraction of sp³-hybridized carbons (Fsp3) is 0.205. The molecule has 0 unspecified atom stereocenters. The van der Waals surface area contributed by atoms with Crippen molar-refractivity contribution in [1.29, 1.82) is 0 Å². The van der Waals surface area contributed by atoms with Gasteiger partial charge < -0.3 is 35.6 Å². The van der Waals surface area contributed by atoms with E-state index in [1.165, 1.54) is 12.3 Å².